The number of sulfonamides is 1. The van der Waals surface area contributed by atoms with Crippen LogP contribution in [-0.4, -0.2) is 62.1 Å². The summed E-state index contributed by atoms with van der Waals surface area (Å²) >= 11 is 0. The number of amides is 2. The van der Waals surface area contributed by atoms with E-state index in [0.717, 1.165) is 16.1 Å². The SMILES string of the molecule is C[C@H](C(=O)NCc1ccc2c(c1)OCO2)N(Cc1ccc(F)cc1)C(=O)CN(C)S(C)(=O)=O. The number of carbonyl (C=O) groups is 2. The smallest absolute Gasteiger partial charge is 0.242 e. The summed E-state index contributed by atoms with van der Waals surface area (Å²) in [5.41, 5.74) is 1.38. The molecule has 0 unspecified atom stereocenters. The van der Waals surface area contributed by atoms with E-state index in [1.165, 1.54) is 36.2 Å². The number of nitrogens with one attached hydrogen (secondary N) is 1. The van der Waals surface area contributed by atoms with Crippen LogP contribution in [-0.2, 0) is 32.7 Å². The van der Waals surface area contributed by atoms with Gasteiger partial charge >= 0.3 is 0 Å². The molecular formula is C22H26FN3O6S. The molecule has 1 atom stereocenters. The molecule has 1 aliphatic rings. The average Bonchev–Trinajstić information content (AvgIpc) is 3.23. The summed E-state index contributed by atoms with van der Waals surface area (Å²) in [6.45, 7) is 1.47. The molecule has 2 aromatic rings. The molecule has 1 aliphatic heterocycles. The van der Waals surface area contributed by atoms with Crippen LogP contribution in [0.1, 0.15) is 18.1 Å². The van der Waals surface area contributed by atoms with E-state index in [9.17, 15) is 22.4 Å². The van der Waals surface area contributed by atoms with Gasteiger partial charge in [-0.2, -0.15) is 4.31 Å². The van der Waals surface area contributed by atoms with Crippen molar-refractivity contribution in [2.24, 2.45) is 0 Å². The predicted molar refractivity (Wildman–Crippen MR) is 118 cm³/mol. The molecule has 9 nitrogen and oxygen atoms in total. The molecule has 0 spiro atoms. The molecular weight excluding hydrogens is 453 g/mol. The standard InChI is InChI=1S/C22H26FN3O6S/c1-15(22(28)24-11-17-6-9-19-20(10-17)32-14-31-19)26(12-16-4-7-18(23)8-5-16)21(27)13-25(2)33(3,29)30/h4-10,15H,11-14H2,1-3H3,(H,24,28)/t15-/m1/s1. The monoisotopic (exact) mass is 479 g/mol. The fourth-order valence-corrected chi connectivity index (χ4v) is 3.50. The van der Waals surface area contributed by atoms with E-state index < -0.39 is 40.2 Å². The largest absolute Gasteiger partial charge is 0.454 e. The van der Waals surface area contributed by atoms with Crippen LogP contribution in [0.4, 0.5) is 4.39 Å². The molecule has 0 fully saturated rings. The molecule has 1 N–H and O–H groups in total. The van der Waals surface area contributed by atoms with Gasteiger partial charge < -0.3 is 19.7 Å². The van der Waals surface area contributed by atoms with E-state index in [2.05, 4.69) is 5.32 Å². The van der Waals surface area contributed by atoms with Crippen LogP contribution in [0.25, 0.3) is 0 Å². The molecule has 0 bridgehead atoms. The first-order valence-electron chi connectivity index (χ1n) is 10.2. The number of hydrogen-bond donors (Lipinski definition) is 1. The maximum absolute atomic E-state index is 13.3. The number of carbonyl (C=O) groups excluding carboxylic acids is 2. The number of hydrogen-bond acceptors (Lipinski definition) is 6. The van der Waals surface area contributed by atoms with Gasteiger partial charge in [-0.15, -0.1) is 0 Å². The highest BCUT2D eigenvalue weighted by atomic mass is 32.2. The third-order valence-corrected chi connectivity index (χ3v) is 6.52. The van der Waals surface area contributed by atoms with Crippen molar-refractivity contribution in [3.63, 3.8) is 0 Å². The molecule has 1 heterocycles. The first kappa shape index (κ1) is 24.5. The predicted octanol–water partition coefficient (Wildman–Crippen LogP) is 1.48. The number of halogens is 1. The van der Waals surface area contributed by atoms with Crippen LogP contribution >= 0.6 is 0 Å². The minimum absolute atomic E-state index is 0.00925. The Hall–Kier alpha value is -3.18. The first-order valence-corrected chi connectivity index (χ1v) is 12.0. The van der Waals surface area contributed by atoms with Crippen molar-refractivity contribution in [1.29, 1.82) is 0 Å². The van der Waals surface area contributed by atoms with Gasteiger partial charge in [-0.1, -0.05) is 18.2 Å². The first-order chi connectivity index (χ1) is 15.5. The van der Waals surface area contributed by atoms with Crippen molar-refractivity contribution < 1.29 is 31.9 Å². The second-order valence-electron chi connectivity index (χ2n) is 7.75. The maximum atomic E-state index is 13.3. The van der Waals surface area contributed by atoms with Crippen molar-refractivity contribution in [1.82, 2.24) is 14.5 Å². The Balaban J connectivity index is 1.72. The van der Waals surface area contributed by atoms with Gasteiger partial charge in [0, 0.05) is 20.1 Å². The van der Waals surface area contributed by atoms with Crippen LogP contribution < -0.4 is 14.8 Å². The Labute approximate surface area is 192 Å². The number of nitrogens with zero attached hydrogens (tertiary/aromatic N) is 2. The van der Waals surface area contributed by atoms with Gasteiger partial charge in [0.15, 0.2) is 11.5 Å². The Morgan fingerprint density at radius 1 is 1.09 bits per heavy atom. The maximum Gasteiger partial charge on any atom is 0.242 e. The summed E-state index contributed by atoms with van der Waals surface area (Å²) < 4.78 is 48.3. The molecule has 0 aromatic heterocycles. The van der Waals surface area contributed by atoms with Crippen LogP contribution in [0.15, 0.2) is 42.5 Å². The van der Waals surface area contributed by atoms with E-state index in [1.54, 1.807) is 25.1 Å². The molecule has 2 amide bonds. The lowest BCUT2D eigenvalue weighted by Crippen LogP contribution is -2.50. The Kier molecular flexibility index (Phi) is 7.54. The van der Waals surface area contributed by atoms with Gasteiger partial charge in [0.1, 0.15) is 11.9 Å². The fourth-order valence-electron chi connectivity index (χ4n) is 3.16. The van der Waals surface area contributed by atoms with Crippen LogP contribution in [0, 0.1) is 5.82 Å². The second-order valence-corrected chi connectivity index (χ2v) is 9.84. The Morgan fingerprint density at radius 3 is 2.39 bits per heavy atom. The molecule has 178 valence electrons. The summed E-state index contributed by atoms with van der Waals surface area (Å²) in [6, 6.07) is 9.91. The van der Waals surface area contributed by atoms with Crippen molar-refractivity contribution in [3.8, 4) is 11.5 Å². The lowest BCUT2D eigenvalue weighted by atomic mass is 10.1. The normalized spacial score (nSPS) is 13.6. The van der Waals surface area contributed by atoms with Gasteiger partial charge in [-0.25, -0.2) is 12.8 Å². The topological polar surface area (TPSA) is 105 Å². The second kappa shape index (κ2) is 10.2. The minimum Gasteiger partial charge on any atom is -0.454 e. The zero-order valence-corrected chi connectivity index (χ0v) is 19.4. The summed E-state index contributed by atoms with van der Waals surface area (Å²) in [5.74, 6) is -0.192. The van der Waals surface area contributed by atoms with Gasteiger partial charge in [-0.05, 0) is 42.3 Å². The summed E-state index contributed by atoms with van der Waals surface area (Å²) in [5, 5.41) is 2.78. The number of ether oxygens (including phenoxy) is 2. The quantitative estimate of drug-likeness (QED) is 0.584. The highest BCUT2D eigenvalue weighted by Crippen LogP contribution is 2.32. The molecule has 33 heavy (non-hydrogen) atoms. The van der Waals surface area contributed by atoms with E-state index in [-0.39, 0.29) is 19.9 Å². The van der Waals surface area contributed by atoms with Crippen LogP contribution in [0.2, 0.25) is 0 Å². The zero-order chi connectivity index (χ0) is 24.2. The molecule has 0 saturated heterocycles. The van der Waals surface area contributed by atoms with Gasteiger partial charge in [-0.3, -0.25) is 9.59 Å². The number of rotatable bonds is 9. The zero-order valence-electron chi connectivity index (χ0n) is 18.6. The molecule has 2 aromatic carbocycles. The van der Waals surface area contributed by atoms with Crippen molar-refractivity contribution in [2.45, 2.75) is 26.1 Å². The highest BCUT2D eigenvalue weighted by molar-refractivity contribution is 7.88. The molecule has 3 rings (SSSR count). The number of likely N-dealkylation sites (N-methyl/N-ethyl adjacent to an activating group) is 1. The van der Waals surface area contributed by atoms with E-state index in [4.69, 9.17) is 9.47 Å². The molecule has 11 heteroatoms. The Bertz CT molecular complexity index is 1120. The number of benzene rings is 2. The van der Waals surface area contributed by atoms with Crippen molar-refractivity contribution in [2.75, 3.05) is 26.6 Å². The Morgan fingerprint density at radius 2 is 1.73 bits per heavy atom. The summed E-state index contributed by atoms with van der Waals surface area (Å²) in [4.78, 5) is 27.1. The third-order valence-electron chi connectivity index (χ3n) is 5.26. The third kappa shape index (κ3) is 6.42. The van der Waals surface area contributed by atoms with Gasteiger partial charge in [0.2, 0.25) is 28.6 Å². The molecule has 0 aliphatic carbocycles. The van der Waals surface area contributed by atoms with E-state index >= 15 is 0 Å². The van der Waals surface area contributed by atoms with Crippen molar-refractivity contribution >= 4 is 21.8 Å². The van der Waals surface area contributed by atoms with E-state index in [1.807, 2.05) is 0 Å². The lowest BCUT2D eigenvalue weighted by Gasteiger charge is -2.30. The molecule has 0 saturated carbocycles. The highest BCUT2D eigenvalue weighted by Gasteiger charge is 2.28. The summed E-state index contributed by atoms with van der Waals surface area (Å²) in [6.07, 6.45) is 0.992. The van der Waals surface area contributed by atoms with Crippen LogP contribution in [0.5, 0.6) is 11.5 Å². The summed E-state index contributed by atoms with van der Waals surface area (Å²) in [7, 11) is -2.31. The van der Waals surface area contributed by atoms with E-state index in [0.29, 0.717) is 17.1 Å². The fraction of sp³-hybridized carbons (Fsp3) is 0.364. The van der Waals surface area contributed by atoms with Gasteiger partial charge in [0.05, 0.1) is 12.8 Å². The lowest BCUT2D eigenvalue weighted by molar-refractivity contribution is -0.140. The minimum atomic E-state index is -3.59. The van der Waals surface area contributed by atoms with Crippen LogP contribution in [0.3, 0.4) is 0 Å². The average molecular weight is 480 g/mol. The number of fused-ring (bicyclic) bond motifs is 1. The van der Waals surface area contributed by atoms with Gasteiger partial charge in [0.25, 0.3) is 0 Å². The van der Waals surface area contributed by atoms with Crippen molar-refractivity contribution in [3.05, 3.63) is 59.4 Å². The molecule has 0 radical (unpaired) electrons.